The number of carboxylic acids is 1. The zero-order chi connectivity index (χ0) is 14.1. The lowest BCUT2D eigenvalue weighted by molar-refractivity contribution is -0.183. The Balaban J connectivity index is 5.77. The molecule has 0 saturated heterocycles. The van der Waals surface area contributed by atoms with Crippen LogP contribution in [0, 0.1) is 5.41 Å². The number of hydrogen-bond donors (Lipinski definition) is 1. The van der Waals surface area contributed by atoms with Gasteiger partial charge in [0.05, 0.1) is 0 Å². The van der Waals surface area contributed by atoms with Gasteiger partial charge in [0.2, 0.25) is 0 Å². The Morgan fingerprint density at radius 3 is 1.76 bits per heavy atom. The quantitative estimate of drug-likeness (QED) is 0.633. The highest BCUT2D eigenvalue weighted by atomic mass is 35.5. The topological polar surface area (TPSA) is 72.8 Å². The van der Waals surface area contributed by atoms with Crippen molar-refractivity contribution in [2.45, 2.75) is 46.0 Å². The van der Waals surface area contributed by atoms with Crippen LogP contribution in [0.2, 0.25) is 19.6 Å². The third-order valence-electron chi connectivity index (χ3n) is 2.17. The highest BCUT2D eigenvalue weighted by molar-refractivity contribution is 6.70. The number of carboxylic acid groups (broad SMARTS) is 1. The van der Waals surface area contributed by atoms with Crippen molar-refractivity contribution >= 4 is 32.1 Å². The van der Waals surface area contributed by atoms with Crippen LogP contribution in [0.1, 0.15) is 20.8 Å². The zero-order valence-corrected chi connectivity index (χ0v) is 12.7. The third-order valence-corrected chi connectivity index (χ3v) is 3.23. The first-order valence-electron chi connectivity index (χ1n) is 5.15. The van der Waals surface area contributed by atoms with Gasteiger partial charge < -0.3 is 13.8 Å². The molecule has 100 valence electrons. The molecule has 0 fully saturated rings. The number of rotatable bonds is 4. The van der Waals surface area contributed by atoms with Gasteiger partial charge in [-0.25, -0.2) is 9.59 Å². The molecule has 1 N–H and O–H groups in total. The smallest absolute Gasteiger partial charge is 0.367 e. The summed E-state index contributed by atoms with van der Waals surface area (Å²) in [5, 5.41) is 9.36. The number of hydrogen-bond acceptors (Lipinski definition) is 4. The summed E-state index contributed by atoms with van der Waals surface area (Å²) in [4.78, 5) is 23.2. The largest absolute Gasteiger partial charge is 0.479 e. The van der Waals surface area contributed by atoms with Crippen LogP contribution in [-0.4, -0.2) is 31.0 Å². The van der Waals surface area contributed by atoms with Gasteiger partial charge in [-0.1, -0.05) is 20.8 Å². The monoisotopic (exact) mass is 282 g/mol. The normalized spacial score (nSPS) is 16.2. The van der Waals surface area contributed by atoms with Gasteiger partial charge in [0, 0.05) is 5.41 Å². The molecule has 0 aromatic heterocycles. The molecule has 0 spiro atoms. The van der Waals surface area contributed by atoms with Crippen LogP contribution in [0.25, 0.3) is 0 Å². The number of carbonyl (C=O) groups excluding carboxylic acids is 1. The lowest BCUT2D eigenvalue weighted by atomic mass is 9.76. The van der Waals surface area contributed by atoms with Crippen molar-refractivity contribution in [2.24, 2.45) is 5.41 Å². The zero-order valence-electron chi connectivity index (χ0n) is 11.0. The molecule has 0 amide bonds. The molecule has 7 heteroatoms. The molecule has 0 aromatic rings. The van der Waals surface area contributed by atoms with Crippen LogP contribution in [-0.2, 0) is 18.3 Å². The Bertz CT molecular complexity index is 318. The van der Waals surface area contributed by atoms with Gasteiger partial charge in [0.1, 0.15) is 11.9 Å². The maximum absolute atomic E-state index is 11.8. The van der Waals surface area contributed by atoms with Crippen molar-refractivity contribution in [1.82, 2.24) is 0 Å². The first-order valence-corrected chi connectivity index (χ1v) is 8.87. The lowest BCUT2D eigenvalue weighted by Crippen LogP contribution is -2.62. The Morgan fingerprint density at radius 2 is 1.59 bits per heavy atom. The summed E-state index contributed by atoms with van der Waals surface area (Å²) in [5.74, 6) is -2.49. The Hall–Kier alpha value is -0.593. The molecule has 17 heavy (non-hydrogen) atoms. The summed E-state index contributed by atoms with van der Waals surface area (Å²) in [7, 11) is -2.28. The maximum Gasteiger partial charge on any atom is 0.367 e. The van der Waals surface area contributed by atoms with E-state index in [2.05, 4.69) is 4.29 Å². The van der Waals surface area contributed by atoms with E-state index < -0.39 is 31.3 Å². The number of aliphatic carboxylic acids is 1. The van der Waals surface area contributed by atoms with E-state index in [-0.39, 0.29) is 0 Å². The summed E-state index contributed by atoms with van der Waals surface area (Å²) >= 11 is 5.04. The van der Waals surface area contributed by atoms with E-state index in [0.717, 1.165) is 0 Å². The average molecular weight is 283 g/mol. The second-order valence-corrected chi connectivity index (χ2v) is 10.4. The van der Waals surface area contributed by atoms with Crippen LogP contribution >= 0.6 is 11.9 Å². The molecule has 0 radical (unpaired) electrons. The first kappa shape index (κ1) is 16.4. The molecule has 5 nitrogen and oxygen atoms in total. The van der Waals surface area contributed by atoms with Gasteiger partial charge in [0.15, 0.2) is 8.32 Å². The average Bonchev–Trinajstić information content (AvgIpc) is 2.08. The summed E-state index contributed by atoms with van der Waals surface area (Å²) in [6, 6.07) is 0. The van der Waals surface area contributed by atoms with Gasteiger partial charge in [-0.05, 0) is 19.6 Å². The third kappa shape index (κ3) is 3.43. The molecular formula is C10H19ClO5Si. The van der Waals surface area contributed by atoms with Gasteiger partial charge in [-0.3, -0.25) is 0 Å². The molecule has 1 unspecified atom stereocenters. The second kappa shape index (κ2) is 4.95. The Kier molecular flexibility index (Phi) is 4.78. The van der Waals surface area contributed by atoms with Crippen LogP contribution in [0.5, 0.6) is 0 Å². The van der Waals surface area contributed by atoms with E-state index in [4.69, 9.17) is 16.3 Å². The molecule has 0 heterocycles. The van der Waals surface area contributed by atoms with Crippen molar-refractivity contribution in [2.75, 3.05) is 0 Å². The van der Waals surface area contributed by atoms with Crippen molar-refractivity contribution in [3.05, 3.63) is 0 Å². The van der Waals surface area contributed by atoms with Crippen molar-refractivity contribution in [3.8, 4) is 0 Å². The highest BCUT2D eigenvalue weighted by Gasteiger charge is 2.60. The van der Waals surface area contributed by atoms with Crippen LogP contribution in [0.15, 0.2) is 0 Å². The summed E-state index contributed by atoms with van der Waals surface area (Å²) in [6.45, 7) is 10.1. The molecular weight excluding hydrogens is 264 g/mol. The van der Waals surface area contributed by atoms with Gasteiger partial charge in [-0.2, -0.15) is 0 Å². The van der Waals surface area contributed by atoms with Crippen molar-refractivity contribution in [1.29, 1.82) is 0 Å². The highest BCUT2D eigenvalue weighted by Crippen LogP contribution is 2.38. The van der Waals surface area contributed by atoms with E-state index in [1.807, 2.05) is 0 Å². The minimum Gasteiger partial charge on any atom is -0.479 e. The minimum atomic E-state index is -2.28. The summed E-state index contributed by atoms with van der Waals surface area (Å²) in [6.07, 6.45) is 0. The molecule has 1 atom stereocenters. The van der Waals surface area contributed by atoms with E-state index in [1.165, 1.54) is 0 Å². The maximum atomic E-state index is 11.8. The molecule has 0 aliphatic heterocycles. The Morgan fingerprint density at radius 1 is 1.18 bits per heavy atom. The predicted octanol–water partition coefficient (Wildman–Crippen LogP) is 2.40. The molecule has 0 aromatic carbocycles. The number of carbonyl (C=O) groups is 2. The van der Waals surface area contributed by atoms with Gasteiger partial charge in [0.25, 0.3) is 5.60 Å². The molecule has 0 bridgehead atoms. The van der Waals surface area contributed by atoms with Gasteiger partial charge in [-0.15, -0.1) is 0 Å². The second-order valence-electron chi connectivity index (χ2n) is 5.82. The number of halogens is 1. The molecule has 0 aliphatic rings. The van der Waals surface area contributed by atoms with Crippen LogP contribution < -0.4 is 0 Å². The minimum absolute atomic E-state index is 0.981. The van der Waals surface area contributed by atoms with E-state index in [9.17, 15) is 14.7 Å². The van der Waals surface area contributed by atoms with Gasteiger partial charge >= 0.3 is 11.9 Å². The van der Waals surface area contributed by atoms with Crippen molar-refractivity contribution in [3.63, 3.8) is 0 Å². The van der Waals surface area contributed by atoms with E-state index in [1.54, 1.807) is 40.4 Å². The standard InChI is InChI=1S/C10H19ClO5Si/c1-9(2,3)10(7(12)13,8(14)15-11)16-17(4,5)6/h1-6H3,(H,12,13). The lowest BCUT2D eigenvalue weighted by Gasteiger charge is -2.41. The van der Waals surface area contributed by atoms with Crippen molar-refractivity contribution < 1.29 is 23.4 Å². The first-order chi connectivity index (χ1) is 7.38. The van der Waals surface area contributed by atoms with Crippen LogP contribution in [0.3, 0.4) is 0 Å². The fourth-order valence-corrected chi connectivity index (χ4v) is 2.97. The fraction of sp³-hybridized carbons (Fsp3) is 0.800. The van der Waals surface area contributed by atoms with Crippen LogP contribution in [0.4, 0.5) is 0 Å². The predicted molar refractivity (Wildman–Crippen MR) is 66.2 cm³/mol. The summed E-state index contributed by atoms with van der Waals surface area (Å²) < 4.78 is 9.68. The SMILES string of the molecule is CC(C)(C)C(O[Si](C)(C)C)(C(=O)O)C(=O)OCl. The molecule has 0 aliphatic carbocycles. The van der Waals surface area contributed by atoms with E-state index in [0.29, 0.717) is 0 Å². The fourth-order valence-electron chi connectivity index (χ4n) is 1.47. The molecule has 0 rings (SSSR count). The van der Waals surface area contributed by atoms with E-state index >= 15 is 0 Å². The Labute approximate surface area is 107 Å². The molecule has 0 saturated carbocycles. The summed E-state index contributed by atoms with van der Waals surface area (Å²) in [5.41, 5.74) is -3.07.